The maximum atomic E-state index is 12.9. The Morgan fingerprint density at radius 2 is 1.59 bits per heavy atom. The van der Waals surface area contributed by atoms with Gasteiger partial charge in [-0.15, -0.1) is 0 Å². The molecule has 3 N–H and O–H groups in total. The van der Waals surface area contributed by atoms with E-state index in [1.54, 1.807) is 56.3 Å². The highest BCUT2D eigenvalue weighted by molar-refractivity contribution is 7.92. The summed E-state index contributed by atoms with van der Waals surface area (Å²) in [5.74, 6) is -0.482. The molecule has 29 heavy (non-hydrogen) atoms. The smallest absolute Gasteiger partial charge is 0.262 e. The summed E-state index contributed by atoms with van der Waals surface area (Å²) in [6.45, 7) is 5.28. The van der Waals surface area contributed by atoms with Gasteiger partial charge in [0.05, 0.1) is 4.90 Å². The molecule has 3 aromatic carbocycles. The number of carbonyl (C=O) groups is 1. The van der Waals surface area contributed by atoms with E-state index in [1.165, 1.54) is 0 Å². The van der Waals surface area contributed by atoms with E-state index in [9.17, 15) is 13.2 Å². The standard InChI is InChI=1S/C22H21ClN2O3S/c1-13-9-17(7-8-19(13)22(24)26)16-5-4-6-18(12-16)25-29(27,28)21-11-14(2)20(23)10-15(21)3/h4-12,25H,1-3H3,(H2,24,26). The third kappa shape index (κ3) is 4.44. The highest BCUT2D eigenvalue weighted by atomic mass is 35.5. The first kappa shape index (κ1) is 20.9. The zero-order valence-corrected chi connectivity index (χ0v) is 17.9. The van der Waals surface area contributed by atoms with E-state index in [2.05, 4.69) is 4.72 Å². The molecule has 0 unspecified atom stereocenters. The molecule has 0 atom stereocenters. The van der Waals surface area contributed by atoms with Crippen molar-refractivity contribution in [2.45, 2.75) is 25.7 Å². The normalized spacial score (nSPS) is 11.3. The summed E-state index contributed by atoms with van der Waals surface area (Å²) in [5.41, 5.74) is 9.94. The number of rotatable bonds is 5. The third-order valence-corrected chi connectivity index (χ3v) is 6.62. The van der Waals surface area contributed by atoms with Crippen molar-refractivity contribution in [2.24, 2.45) is 5.73 Å². The van der Waals surface area contributed by atoms with Crippen LogP contribution in [0.4, 0.5) is 5.69 Å². The number of nitrogens with two attached hydrogens (primary N) is 1. The molecule has 1 amide bonds. The minimum atomic E-state index is -3.78. The average Bonchev–Trinajstić information content (AvgIpc) is 2.64. The molecule has 0 spiro atoms. The van der Waals surface area contributed by atoms with Gasteiger partial charge < -0.3 is 5.73 Å². The van der Waals surface area contributed by atoms with E-state index in [1.807, 2.05) is 19.1 Å². The van der Waals surface area contributed by atoms with Gasteiger partial charge in [-0.2, -0.15) is 0 Å². The summed E-state index contributed by atoms with van der Waals surface area (Å²) in [7, 11) is -3.78. The number of anilines is 1. The highest BCUT2D eigenvalue weighted by Crippen LogP contribution is 2.28. The van der Waals surface area contributed by atoms with E-state index < -0.39 is 15.9 Å². The Kier molecular flexibility index (Phi) is 5.68. The fourth-order valence-corrected chi connectivity index (χ4v) is 4.72. The van der Waals surface area contributed by atoms with E-state index >= 15 is 0 Å². The van der Waals surface area contributed by atoms with Crippen LogP contribution in [0.15, 0.2) is 59.5 Å². The van der Waals surface area contributed by atoms with Crippen LogP contribution in [0.1, 0.15) is 27.0 Å². The second-order valence-electron chi connectivity index (χ2n) is 6.95. The van der Waals surface area contributed by atoms with Gasteiger partial charge in [0, 0.05) is 16.3 Å². The fourth-order valence-electron chi connectivity index (χ4n) is 3.14. The summed E-state index contributed by atoms with van der Waals surface area (Å²) in [5, 5.41) is 0.526. The first-order valence-electron chi connectivity index (χ1n) is 8.89. The number of hydrogen-bond acceptors (Lipinski definition) is 3. The Morgan fingerprint density at radius 1 is 0.897 bits per heavy atom. The quantitative estimate of drug-likeness (QED) is 0.609. The molecular weight excluding hydrogens is 408 g/mol. The van der Waals surface area contributed by atoms with Crippen LogP contribution in [0.25, 0.3) is 11.1 Å². The maximum Gasteiger partial charge on any atom is 0.262 e. The molecule has 0 saturated heterocycles. The third-order valence-electron chi connectivity index (χ3n) is 4.69. The first-order valence-corrected chi connectivity index (χ1v) is 10.7. The second kappa shape index (κ2) is 7.89. The second-order valence-corrected chi connectivity index (χ2v) is 9.01. The Balaban J connectivity index is 1.95. The molecule has 0 aliphatic carbocycles. The van der Waals surface area contributed by atoms with Gasteiger partial charge in [0.1, 0.15) is 0 Å². The largest absolute Gasteiger partial charge is 0.366 e. The average molecular weight is 429 g/mol. The van der Waals surface area contributed by atoms with Crippen LogP contribution in [0.3, 0.4) is 0 Å². The Labute approximate surface area is 175 Å². The number of halogens is 1. The van der Waals surface area contributed by atoms with E-state index in [0.29, 0.717) is 27.4 Å². The minimum Gasteiger partial charge on any atom is -0.366 e. The predicted molar refractivity (Wildman–Crippen MR) is 117 cm³/mol. The number of benzene rings is 3. The summed E-state index contributed by atoms with van der Waals surface area (Å²) in [4.78, 5) is 11.6. The van der Waals surface area contributed by atoms with Crippen LogP contribution in [0.2, 0.25) is 5.02 Å². The molecule has 0 aliphatic rings. The van der Waals surface area contributed by atoms with Crippen molar-refractivity contribution in [1.29, 1.82) is 0 Å². The van der Waals surface area contributed by atoms with Crippen LogP contribution in [-0.2, 0) is 10.0 Å². The molecule has 0 bridgehead atoms. The summed E-state index contributed by atoms with van der Waals surface area (Å²) in [6.07, 6.45) is 0. The Hall–Kier alpha value is -2.83. The molecule has 0 heterocycles. The van der Waals surface area contributed by atoms with Crippen LogP contribution in [-0.4, -0.2) is 14.3 Å². The van der Waals surface area contributed by atoms with Crippen LogP contribution in [0.5, 0.6) is 0 Å². The van der Waals surface area contributed by atoms with Crippen molar-refractivity contribution in [1.82, 2.24) is 0 Å². The maximum absolute atomic E-state index is 12.9. The summed E-state index contributed by atoms with van der Waals surface area (Å²) >= 11 is 6.08. The van der Waals surface area contributed by atoms with Gasteiger partial charge in [-0.3, -0.25) is 9.52 Å². The molecule has 5 nitrogen and oxygen atoms in total. The fraction of sp³-hybridized carbons (Fsp3) is 0.136. The van der Waals surface area contributed by atoms with Crippen molar-refractivity contribution >= 4 is 33.2 Å². The molecule has 0 radical (unpaired) electrons. The summed E-state index contributed by atoms with van der Waals surface area (Å²) < 4.78 is 28.4. The molecule has 0 aliphatic heterocycles. The summed E-state index contributed by atoms with van der Waals surface area (Å²) in [6, 6.07) is 15.6. The lowest BCUT2D eigenvalue weighted by molar-refractivity contribution is 0.0999. The van der Waals surface area contributed by atoms with Gasteiger partial charge in [0.2, 0.25) is 5.91 Å². The lowest BCUT2D eigenvalue weighted by atomic mass is 9.99. The molecule has 0 saturated carbocycles. The zero-order valence-electron chi connectivity index (χ0n) is 16.3. The van der Waals surface area contributed by atoms with Crippen LogP contribution in [0, 0.1) is 20.8 Å². The molecule has 0 fully saturated rings. The minimum absolute atomic E-state index is 0.187. The van der Waals surface area contributed by atoms with Gasteiger partial charge in [-0.05, 0) is 78.9 Å². The zero-order chi connectivity index (χ0) is 21.3. The number of nitrogens with one attached hydrogen (secondary N) is 1. The molecule has 7 heteroatoms. The number of sulfonamides is 1. The van der Waals surface area contributed by atoms with Crippen molar-refractivity contribution in [3.05, 3.63) is 81.9 Å². The number of carbonyl (C=O) groups excluding carboxylic acids is 1. The molecule has 3 rings (SSSR count). The van der Waals surface area contributed by atoms with Gasteiger partial charge >= 0.3 is 0 Å². The monoisotopic (exact) mass is 428 g/mol. The topological polar surface area (TPSA) is 89.3 Å². The van der Waals surface area contributed by atoms with Crippen LogP contribution < -0.4 is 10.5 Å². The highest BCUT2D eigenvalue weighted by Gasteiger charge is 2.19. The van der Waals surface area contributed by atoms with Gasteiger partial charge in [0.15, 0.2) is 0 Å². The number of amides is 1. The molecule has 150 valence electrons. The van der Waals surface area contributed by atoms with Crippen molar-refractivity contribution in [3.8, 4) is 11.1 Å². The molecule has 0 aromatic heterocycles. The Bertz CT molecular complexity index is 1220. The predicted octanol–water partition coefficient (Wildman–Crippen LogP) is 4.83. The lowest BCUT2D eigenvalue weighted by Crippen LogP contribution is -2.14. The molecule has 3 aromatic rings. The Morgan fingerprint density at radius 3 is 2.24 bits per heavy atom. The van der Waals surface area contributed by atoms with Crippen molar-refractivity contribution in [2.75, 3.05) is 4.72 Å². The number of hydrogen-bond donors (Lipinski definition) is 2. The first-order chi connectivity index (χ1) is 13.6. The molecular formula is C22H21ClN2O3S. The lowest BCUT2D eigenvalue weighted by Gasteiger charge is -2.13. The number of primary amides is 1. The van der Waals surface area contributed by atoms with Gasteiger partial charge in [0.25, 0.3) is 10.0 Å². The number of aryl methyl sites for hydroxylation is 3. The van der Waals surface area contributed by atoms with Crippen LogP contribution >= 0.6 is 11.6 Å². The SMILES string of the molecule is Cc1cc(S(=O)(=O)Nc2cccc(-c3ccc(C(N)=O)c(C)c3)c2)c(C)cc1Cl. The van der Waals surface area contributed by atoms with Crippen molar-refractivity contribution < 1.29 is 13.2 Å². The van der Waals surface area contributed by atoms with E-state index in [0.717, 1.165) is 16.7 Å². The van der Waals surface area contributed by atoms with Gasteiger partial charge in [-0.25, -0.2) is 8.42 Å². The van der Waals surface area contributed by atoms with E-state index in [-0.39, 0.29) is 4.90 Å². The van der Waals surface area contributed by atoms with E-state index in [4.69, 9.17) is 17.3 Å². The van der Waals surface area contributed by atoms with Gasteiger partial charge in [-0.1, -0.05) is 35.9 Å². The van der Waals surface area contributed by atoms with Crippen molar-refractivity contribution in [3.63, 3.8) is 0 Å².